The molecule has 1 aliphatic rings. The van der Waals surface area contributed by atoms with Gasteiger partial charge in [0.05, 0.1) is 6.10 Å². The van der Waals surface area contributed by atoms with Gasteiger partial charge in [-0.2, -0.15) is 0 Å². The van der Waals surface area contributed by atoms with Gasteiger partial charge in [-0.25, -0.2) is 0 Å². The molecule has 0 bridgehead atoms. The van der Waals surface area contributed by atoms with Gasteiger partial charge >= 0.3 is 0 Å². The summed E-state index contributed by atoms with van der Waals surface area (Å²) in [5, 5.41) is 3.09. The Bertz CT molecular complexity index is 438. The third kappa shape index (κ3) is 4.64. The number of carbonyl (C=O) groups excluding carboxylic acids is 1. The van der Waals surface area contributed by atoms with Crippen molar-refractivity contribution in [3.63, 3.8) is 0 Å². The predicted octanol–water partition coefficient (Wildman–Crippen LogP) is 3.00. The van der Waals surface area contributed by atoms with Gasteiger partial charge in [-0.1, -0.05) is 24.3 Å². The summed E-state index contributed by atoms with van der Waals surface area (Å²) in [5.41, 5.74) is 2.59. The second-order valence-electron chi connectivity index (χ2n) is 5.77. The molecule has 20 heavy (non-hydrogen) atoms. The first kappa shape index (κ1) is 15.0. The molecule has 1 heterocycles. The van der Waals surface area contributed by atoms with Crippen molar-refractivity contribution >= 4 is 5.91 Å². The number of hydrogen-bond donors (Lipinski definition) is 1. The minimum absolute atomic E-state index is 0.140. The van der Waals surface area contributed by atoms with Crippen molar-refractivity contribution in [1.29, 1.82) is 0 Å². The van der Waals surface area contributed by atoms with E-state index in [0.717, 1.165) is 32.3 Å². The van der Waals surface area contributed by atoms with Gasteiger partial charge in [0.25, 0.3) is 0 Å². The van der Waals surface area contributed by atoms with Gasteiger partial charge in [-0.05, 0) is 50.7 Å². The lowest BCUT2D eigenvalue weighted by Gasteiger charge is -2.16. The van der Waals surface area contributed by atoms with Crippen LogP contribution < -0.4 is 5.32 Å². The van der Waals surface area contributed by atoms with E-state index in [1.54, 1.807) is 0 Å². The number of nitrogens with one attached hydrogen (secondary N) is 1. The van der Waals surface area contributed by atoms with Gasteiger partial charge in [0.2, 0.25) is 5.91 Å². The molecule has 1 aliphatic heterocycles. The fourth-order valence-corrected chi connectivity index (χ4v) is 2.73. The van der Waals surface area contributed by atoms with Gasteiger partial charge in [-0.15, -0.1) is 0 Å². The maximum atomic E-state index is 11.9. The summed E-state index contributed by atoms with van der Waals surface area (Å²) in [6.07, 6.45) is 4.85. The first-order valence-electron chi connectivity index (χ1n) is 7.60. The Balaban J connectivity index is 1.72. The van der Waals surface area contributed by atoms with Crippen LogP contribution in [0, 0.1) is 6.92 Å². The molecule has 1 aromatic rings. The van der Waals surface area contributed by atoms with Gasteiger partial charge in [0.15, 0.2) is 0 Å². The van der Waals surface area contributed by atoms with Crippen molar-refractivity contribution in [2.24, 2.45) is 0 Å². The molecule has 2 atom stereocenters. The van der Waals surface area contributed by atoms with Crippen molar-refractivity contribution in [2.45, 2.75) is 58.1 Å². The summed E-state index contributed by atoms with van der Waals surface area (Å²) in [7, 11) is 0. The fourth-order valence-electron chi connectivity index (χ4n) is 2.73. The van der Waals surface area contributed by atoms with Gasteiger partial charge in [-0.3, -0.25) is 4.79 Å². The van der Waals surface area contributed by atoms with E-state index in [2.05, 4.69) is 31.3 Å². The van der Waals surface area contributed by atoms with E-state index in [-0.39, 0.29) is 11.9 Å². The molecule has 1 fully saturated rings. The molecule has 1 aromatic carbocycles. The largest absolute Gasteiger partial charge is 0.378 e. The SMILES string of the molecule is Cc1ccccc1C[C@@H](C)NC(=O)CC[C@H]1CCCO1. The first-order chi connectivity index (χ1) is 9.65. The van der Waals surface area contributed by atoms with E-state index < -0.39 is 0 Å². The summed E-state index contributed by atoms with van der Waals surface area (Å²) >= 11 is 0. The second-order valence-corrected chi connectivity index (χ2v) is 5.77. The monoisotopic (exact) mass is 275 g/mol. The number of aryl methyl sites for hydroxylation is 1. The summed E-state index contributed by atoms with van der Waals surface area (Å²) in [4.78, 5) is 11.9. The van der Waals surface area contributed by atoms with E-state index in [4.69, 9.17) is 4.74 Å². The highest BCUT2D eigenvalue weighted by Gasteiger charge is 2.17. The molecule has 3 nitrogen and oxygen atoms in total. The lowest BCUT2D eigenvalue weighted by atomic mass is 10.0. The van der Waals surface area contributed by atoms with E-state index in [1.807, 2.05) is 12.1 Å². The van der Waals surface area contributed by atoms with Crippen LogP contribution >= 0.6 is 0 Å². The standard InChI is InChI=1S/C17H25NO2/c1-13-6-3-4-7-15(13)12-14(2)18-17(19)10-9-16-8-5-11-20-16/h3-4,6-7,14,16H,5,8-12H2,1-2H3,(H,18,19)/t14-,16-/m1/s1. The third-order valence-corrected chi connectivity index (χ3v) is 3.91. The minimum atomic E-state index is 0.140. The molecule has 3 heteroatoms. The van der Waals surface area contributed by atoms with E-state index in [9.17, 15) is 4.79 Å². The first-order valence-corrected chi connectivity index (χ1v) is 7.60. The molecule has 0 unspecified atom stereocenters. The quantitative estimate of drug-likeness (QED) is 0.866. The molecule has 1 N–H and O–H groups in total. The smallest absolute Gasteiger partial charge is 0.220 e. The lowest BCUT2D eigenvalue weighted by molar-refractivity contribution is -0.122. The summed E-state index contributed by atoms with van der Waals surface area (Å²) in [5.74, 6) is 0.140. The van der Waals surface area contributed by atoms with Crippen LogP contribution in [0.5, 0.6) is 0 Å². The van der Waals surface area contributed by atoms with Crippen molar-refractivity contribution in [3.8, 4) is 0 Å². The van der Waals surface area contributed by atoms with E-state index >= 15 is 0 Å². The fraction of sp³-hybridized carbons (Fsp3) is 0.588. The van der Waals surface area contributed by atoms with Crippen LogP contribution in [0.3, 0.4) is 0 Å². The topological polar surface area (TPSA) is 38.3 Å². The van der Waals surface area contributed by atoms with Crippen molar-refractivity contribution < 1.29 is 9.53 Å². The highest BCUT2D eigenvalue weighted by atomic mass is 16.5. The molecular formula is C17H25NO2. The molecule has 0 aromatic heterocycles. The van der Waals surface area contributed by atoms with Crippen molar-refractivity contribution in [1.82, 2.24) is 5.32 Å². The van der Waals surface area contributed by atoms with Crippen LogP contribution in [0.4, 0.5) is 0 Å². The summed E-state index contributed by atoms with van der Waals surface area (Å²) in [6.45, 7) is 5.04. The molecule has 0 aliphatic carbocycles. The number of hydrogen-bond acceptors (Lipinski definition) is 2. The average Bonchev–Trinajstić information content (AvgIpc) is 2.92. The maximum absolute atomic E-state index is 11.9. The van der Waals surface area contributed by atoms with Gasteiger partial charge < -0.3 is 10.1 Å². The van der Waals surface area contributed by atoms with E-state index in [1.165, 1.54) is 11.1 Å². The molecule has 1 saturated heterocycles. The zero-order valence-electron chi connectivity index (χ0n) is 12.5. The minimum Gasteiger partial charge on any atom is -0.378 e. The Morgan fingerprint density at radius 3 is 2.95 bits per heavy atom. The Morgan fingerprint density at radius 2 is 2.25 bits per heavy atom. The molecular weight excluding hydrogens is 250 g/mol. The molecule has 0 spiro atoms. The van der Waals surface area contributed by atoms with E-state index in [0.29, 0.717) is 12.5 Å². The Kier molecular flexibility index (Phi) is 5.60. The normalized spacial score (nSPS) is 19.8. The van der Waals surface area contributed by atoms with Gasteiger partial charge in [0.1, 0.15) is 0 Å². The number of ether oxygens (including phenoxy) is 1. The Labute approximate surface area is 121 Å². The van der Waals surface area contributed by atoms with Crippen LogP contribution in [0.15, 0.2) is 24.3 Å². The zero-order valence-corrected chi connectivity index (χ0v) is 12.5. The van der Waals surface area contributed by atoms with Crippen LogP contribution in [-0.4, -0.2) is 24.7 Å². The molecule has 2 rings (SSSR count). The average molecular weight is 275 g/mol. The highest BCUT2D eigenvalue weighted by Crippen LogP contribution is 2.16. The van der Waals surface area contributed by atoms with Crippen LogP contribution in [-0.2, 0) is 16.0 Å². The zero-order chi connectivity index (χ0) is 14.4. The second kappa shape index (κ2) is 7.44. The number of rotatable bonds is 6. The van der Waals surface area contributed by atoms with Gasteiger partial charge in [0, 0.05) is 19.1 Å². The molecule has 0 saturated carbocycles. The molecule has 1 amide bonds. The number of carbonyl (C=O) groups is 1. The van der Waals surface area contributed by atoms with Crippen LogP contribution in [0.1, 0.15) is 43.7 Å². The third-order valence-electron chi connectivity index (χ3n) is 3.91. The van der Waals surface area contributed by atoms with Crippen molar-refractivity contribution in [3.05, 3.63) is 35.4 Å². The highest BCUT2D eigenvalue weighted by molar-refractivity contribution is 5.76. The Hall–Kier alpha value is -1.35. The Morgan fingerprint density at radius 1 is 1.45 bits per heavy atom. The maximum Gasteiger partial charge on any atom is 0.220 e. The molecule has 0 radical (unpaired) electrons. The number of amides is 1. The van der Waals surface area contributed by atoms with Crippen LogP contribution in [0.2, 0.25) is 0 Å². The predicted molar refractivity (Wildman–Crippen MR) is 80.7 cm³/mol. The van der Waals surface area contributed by atoms with Crippen LogP contribution in [0.25, 0.3) is 0 Å². The number of benzene rings is 1. The molecule has 110 valence electrons. The lowest BCUT2D eigenvalue weighted by Crippen LogP contribution is -2.34. The summed E-state index contributed by atoms with van der Waals surface area (Å²) in [6, 6.07) is 8.51. The summed E-state index contributed by atoms with van der Waals surface area (Å²) < 4.78 is 5.54. The van der Waals surface area contributed by atoms with Crippen molar-refractivity contribution in [2.75, 3.05) is 6.61 Å².